The minimum atomic E-state index is -0.0680. The van der Waals surface area contributed by atoms with Crippen molar-refractivity contribution in [1.82, 2.24) is 10.3 Å². The first-order valence-corrected chi connectivity index (χ1v) is 6.69. The lowest BCUT2D eigenvalue weighted by Crippen LogP contribution is -2.26. The Balaban J connectivity index is 1.83. The van der Waals surface area contributed by atoms with Gasteiger partial charge in [-0.25, -0.2) is 0 Å². The van der Waals surface area contributed by atoms with Gasteiger partial charge in [0.15, 0.2) is 5.78 Å². The van der Waals surface area contributed by atoms with E-state index in [2.05, 4.69) is 10.3 Å². The third kappa shape index (κ3) is 1.96. The van der Waals surface area contributed by atoms with Gasteiger partial charge in [-0.3, -0.25) is 9.59 Å². The number of carbonyl (C=O) groups is 2. The highest BCUT2D eigenvalue weighted by Crippen LogP contribution is 2.28. The minimum Gasteiger partial charge on any atom is -0.354 e. The summed E-state index contributed by atoms with van der Waals surface area (Å²) in [5, 5.41) is 2.94. The highest BCUT2D eigenvalue weighted by Gasteiger charge is 2.27. The Kier molecular flexibility index (Phi) is 2.73. The van der Waals surface area contributed by atoms with Crippen molar-refractivity contribution < 1.29 is 9.59 Å². The maximum atomic E-state index is 12.1. The lowest BCUT2D eigenvalue weighted by atomic mass is 9.94. The number of carbonyl (C=O) groups excluding carboxylic acids is 2. The van der Waals surface area contributed by atoms with E-state index >= 15 is 0 Å². The Morgan fingerprint density at radius 1 is 1.39 bits per heavy atom. The van der Waals surface area contributed by atoms with Gasteiger partial charge in [0.1, 0.15) is 5.69 Å². The SMILES string of the molecule is Cc1c(C(=O)NCC2CC2)[nH]c2c1C(=O)CCC2. The fourth-order valence-corrected chi connectivity index (χ4v) is 2.65. The predicted molar refractivity (Wildman–Crippen MR) is 67.9 cm³/mol. The number of aryl methyl sites for hydroxylation is 1. The molecular weight excluding hydrogens is 228 g/mol. The first-order valence-electron chi connectivity index (χ1n) is 6.69. The monoisotopic (exact) mass is 246 g/mol. The molecule has 1 heterocycles. The van der Waals surface area contributed by atoms with Gasteiger partial charge < -0.3 is 10.3 Å². The van der Waals surface area contributed by atoms with E-state index in [9.17, 15) is 9.59 Å². The lowest BCUT2D eigenvalue weighted by Gasteiger charge is -2.09. The van der Waals surface area contributed by atoms with Gasteiger partial charge >= 0.3 is 0 Å². The summed E-state index contributed by atoms with van der Waals surface area (Å²) in [6.45, 7) is 2.63. The largest absolute Gasteiger partial charge is 0.354 e. The molecule has 4 heteroatoms. The molecule has 1 aromatic rings. The molecule has 0 radical (unpaired) electrons. The van der Waals surface area contributed by atoms with Crippen molar-refractivity contribution in [3.8, 4) is 0 Å². The summed E-state index contributed by atoms with van der Waals surface area (Å²) in [7, 11) is 0. The van der Waals surface area contributed by atoms with E-state index in [0.29, 0.717) is 18.0 Å². The Labute approximate surface area is 106 Å². The molecule has 0 aromatic carbocycles. The maximum absolute atomic E-state index is 12.1. The van der Waals surface area contributed by atoms with Gasteiger partial charge in [0.25, 0.3) is 5.91 Å². The summed E-state index contributed by atoms with van der Waals surface area (Å²) in [4.78, 5) is 27.1. The van der Waals surface area contributed by atoms with Crippen molar-refractivity contribution in [2.75, 3.05) is 6.54 Å². The Morgan fingerprint density at radius 2 is 2.17 bits per heavy atom. The van der Waals surface area contributed by atoms with Gasteiger partial charge in [0.2, 0.25) is 0 Å². The highest BCUT2D eigenvalue weighted by atomic mass is 16.2. The summed E-state index contributed by atoms with van der Waals surface area (Å²) in [5.41, 5.74) is 3.11. The highest BCUT2D eigenvalue weighted by molar-refractivity contribution is 6.04. The smallest absolute Gasteiger partial charge is 0.268 e. The van der Waals surface area contributed by atoms with Gasteiger partial charge in [-0.1, -0.05) is 0 Å². The van der Waals surface area contributed by atoms with Crippen molar-refractivity contribution in [2.24, 2.45) is 5.92 Å². The number of fused-ring (bicyclic) bond motifs is 1. The molecule has 1 saturated carbocycles. The number of aromatic amines is 1. The van der Waals surface area contributed by atoms with Crippen LogP contribution in [0.15, 0.2) is 0 Å². The molecule has 0 unspecified atom stereocenters. The molecule has 1 aromatic heterocycles. The molecule has 0 spiro atoms. The average Bonchev–Trinajstić information content (AvgIpc) is 3.11. The van der Waals surface area contributed by atoms with Crippen LogP contribution in [-0.2, 0) is 6.42 Å². The van der Waals surface area contributed by atoms with E-state index in [1.165, 1.54) is 12.8 Å². The third-order valence-corrected chi connectivity index (χ3v) is 3.91. The summed E-state index contributed by atoms with van der Waals surface area (Å²) in [5.74, 6) is 0.772. The zero-order valence-electron chi connectivity index (χ0n) is 10.6. The van der Waals surface area contributed by atoms with Crippen LogP contribution in [0.5, 0.6) is 0 Å². The number of amides is 1. The van der Waals surface area contributed by atoms with Crippen LogP contribution in [0.25, 0.3) is 0 Å². The van der Waals surface area contributed by atoms with Gasteiger partial charge in [0, 0.05) is 24.2 Å². The van der Waals surface area contributed by atoms with Crippen molar-refractivity contribution in [3.63, 3.8) is 0 Å². The molecular formula is C14H18N2O2. The molecule has 0 saturated heterocycles. The molecule has 2 aliphatic carbocycles. The molecule has 1 fully saturated rings. The van der Waals surface area contributed by atoms with E-state index in [1.54, 1.807) is 0 Å². The number of hydrogen-bond donors (Lipinski definition) is 2. The molecule has 18 heavy (non-hydrogen) atoms. The van der Waals surface area contributed by atoms with Crippen LogP contribution in [0, 0.1) is 12.8 Å². The molecule has 3 rings (SSSR count). The normalized spacial score (nSPS) is 18.6. The van der Waals surface area contributed by atoms with Crippen LogP contribution >= 0.6 is 0 Å². The summed E-state index contributed by atoms with van der Waals surface area (Å²) in [6, 6.07) is 0. The number of hydrogen-bond acceptors (Lipinski definition) is 2. The van der Waals surface area contributed by atoms with E-state index in [1.807, 2.05) is 6.92 Å². The fourth-order valence-electron chi connectivity index (χ4n) is 2.65. The van der Waals surface area contributed by atoms with Gasteiger partial charge in [-0.15, -0.1) is 0 Å². The quantitative estimate of drug-likeness (QED) is 0.856. The zero-order chi connectivity index (χ0) is 12.7. The molecule has 96 valence electrons. The van der Waals surface area contributed by atoms with Crippen molar-refractivity contribution in [3.05, 3.63) is 22.5 Å². The van der Waals surface area contributed by atoms with Crippen molar-refractivity contribution >= 4 is 11.7 Å². The third-order valence-electron chi connectivity index (χ3n) is 3.91. The van der Waals surface area contributed by atoms with E-state index < -0.39 is 0 Å². The van der Waals surface area contributed by atoms with Crippen molar-refractivity contribution in [2.45, 2.75) is 39.0 Å². The number of H-pyrrole nitrogens is 1. The van der Waals surface area contributed by atoms with Crippen LogP contribution in [0.4, 0.5) is 0 Å². The van der Waals surface area contributed by atoms with E-state index in [0.717, 1.165) is 36.2 Å². The van der Waals surface area contributed by atoms with E-state index in [-0.39, 0.29) is 11.7 Å². The van der Waals surface area contributed by atoms with Crippen LogP contribution in [0.3, 0.4) is 0 Å². The minimum absolute atomic E-state index is 0.0680. The van der Waals surface area contributed by atoms with Crippen molar-refractivity contribution in [1.29, 1.82) is 0 Å². The molecule has 2 aliphatic rings. The zero-order valence-corrected chi connectivity index (χ0v) is 10.6. The predicted octanol–water partition coefficient (Wildman–Crippen LogP) is 1.98. The number of Topliss-reactive ketones (excluding diaryl/α,β-unsaturated/α-hetero) is 1. The van der Waals surface area contributed by atoms with E-state index in [4.69, 9.17) is 0 Å². The second-order valence-electron chi connectivity index (χ2n) is 5.41. The number of rotatable bonds is 3. The summed E-state index contributed by atoms with van der Waals surface area (Å²) in [6.07, 6.45) is 4.81. The fraction of sp³-hybridized carbons (Fsp3) is 0.571. The Morgan fingerprint density at radius 3 is 2.83 bits per heavy atom. The topological polar surface area (TPSA) is 62.0 Å². The molecule has 4 nitrogen and oxygen atoms in total. The molecule has 0 aliphatic heterocycles. The second-order valence-corrected chi connectivity index (χ2v) is 5.41. The Bertz CT molecular complexity index is 512. The summed E-state index contributed by atoms with van der Waals surface area (Å²) >= 11 is 0. The molecule has 1 amide bonds. The van der Waals surface area contributed by atoms with Gasteiger partial charge in [0.05, 0.1) is 0 Å². The lowest BCUT2D eigenvalue weighted by molar-refractivity contribution is 0.0945. The molecule has 0 atom stereocenters. The van der Waals surface area contributed by atoms with Gasteiger partial charge in [-0.2, -0.15) is 0 Å². The van der Waals surface area contributed by atoms with Gasteiger partial charge in [-0.05, 0) is 44.1 Å². The first kappa shape index (κ1) is 11.5. The standard InChI is InChI=1S/C14H18N2O2/c1-8-12-10(3-2-4-11(12)17)16-13(8)14(18)15-7-9-5-6-9/h9,16H,2-7H2,1H3,(H,15,18). The average molecular weight is 246 g/mol. The number of aromatic nitrogens is 1. The van der Waals surface area contributed by atoms with Crippen LogP contribution in [0.1, 0.15) is 57.8 Å². The second kappa shape index (κ2) is 4.26. The first-order chi connectivity index (χ1) is 8.66. The van der Waals surface area contributed by atoms with Crippen LogP contribution < -0.4 is 5.32 Å². The number of ketones is 1. The number of nitrogens with one attached hydrogen (secondary N) is 2. The van der Waals surface area contributed by atoms with Crippen LogP contribution in [-0.4, -0.2) is 23.2 Å². The molecule has 0 bridgehead atoms. The maximum Gasteiger partial charge on any atom is 0.268 e. The van der Waals surface area contributed by atoms with Crippen LogP contribution in [0.2, 0.25) is 0 Å². The summed E-state index contributed by atoms with van der Waals surface area (Å²) < 4.78 is 0. The molecule has 2 N–H and O–H groups in total. The Hall–Kier alpha value is -1.58.